The van der Waals surface area contributed by atoms with E-state index in [1.807, 2.05) is 0 Å². The molecule has 6 heteroatoms. The smallest absolute Gasteiger partial charge is 0.261 e. The van der Waals surface area contributed by atoms with Crippen molar-refractivity contribution in [2.45, 2.75) is 0 Å². The molecule has 0 aromatic carbocycles. The first-order chi connectivity index (χ1) is 9.74. The number of furan rings is 1. The monoisotopic (exact) mass is 273 g/mol. The first-order valence-corrected chi connectivity index (χ1v) is 6.50. The maximum atomic E-state index is 11.9. The van der Waals surface area contributed by atoms with Crippen molar-refractivity contribution in [1.82, 2.24) is 15.6 Å². The molecule has 3 rings (SSSR count). The second-order valence-electron chi connectivity index (χ2n) is 4.83. The van der Waals surface area contributed by atoms with E-state index in [-0.39, 0.29) is 11.5 Å². The molecule has 1 saturated heterocycles. The third-order valence-corrected chi connectivity index (χ3v) is 3.36. The van der Waals surface area contributed by atoms with E-state index in [9.17, 15) is 9.59 Å². The van der Waals surface area contributed by atoms with Crippen LogP contribution in [0.15, 0.2) is 39.7 Å². The summed E-state index contributed by atoms with van der Waals surface area (Å²) in [6.07, 6.45) is 1.53. The zero-order valence-electron chi connectivity index (χ0n) is 10.8. The van der Waals surface area contributed by atoms with E-state index in [0.29, 0.717) is 23.9 Å². The van der Waals surface area contributed by atoms with Crippen molar-refractivity contribution in [1.29, 1.82) is 0 Å². The number of amides is 1. The van der Waals surface area contributed by atoms with Crippen molar-refractivity contribution in [3.8, 4) is 11.5 Å². The number of rotatable bonds is 4. The molecule has 0 bridgehead atoms. The van der Waals surface area contributed by atoms with E-state index < -0.39 is 5.56 Å². The SMILES string of the molecule is O=C(NCC1CNC1)c1ccc(-c2ccco2)[nH]c1=O. The van der Waals surface area contributed by atoms with Gasteiger partial charge in [0, 0.05) is 25.6 Å². The van der Waals surface area contributed by atoms with Gasteiger partial charge in [0.2, 0.25) is 0 Å². The lowest BCUT2D eigenvalue weighted by Gasteiger charge is -2.26. The highest BCUT2D eigenvalue weighted by Crippen LogP contribution is 2.15. The van der Waals surface area contributed by atoms with E-state index >= 15 is 0 Å². The van der Waals surface area contributed by atoms with Crippen LogP contribution < -0.4 is 16.2 Å². The maximum absolute atomic E-state index is 11.9. The molecule has 0 spiro atoms. The number of aromatic amines is 1. The molecular weight excluding hydrogens is 258 g/mol. The lowest BCUT2D eigenvalue weighted by molar-refractivity contribution is 0.0940. The molecule has 2 aromatic rings. The lowest BCUT2D eigenvalue weighted by Crippen LogP contribution is -2.48. The second-order valence-corrected chi connectivity index (χ2v) is 4.83. The summed E-state index contributed by atoms with van der Waals surface area (Å²) >= 11 is 0. The van der Waals surface area contributed by atoms with Gasteiger partial charge in [-0.25, -0.2) is 0 Å². The molecule has 0 radical (unpaired) electrons. The summed E-state index contributed by atoms with van der Waals surface area (Å²) in [5.41, 5.74) is 0.260. The van der Waals surface area contributed by atoms with Gasteiger partial charge >= 0.3 is 0 Å². The van der Waals surface area contributed by atoms with Crippen LogP contribution in [0.4, 0.5) is 0 Å². The quantitative estimate of drug-likeness (QED) is 0.760. The lowest BCUT2D eigenvalue weighted by atomic mass is 10.0. The summed E-state index contributed by atoms with van der Waals surface area (Å²) in [6.45, 7) is 2.41. The van der Waals surface area contributed by atoms with E-state index in [1.165, 1.54) is 12.3 Å². The van der Waals surface area contributed by atoms with Crippen molar-refractivity contribution >= 4 is 5.91 Å². The molecule has 2 aromatic heterocycles. The molecule has 1 amide bonds. The number of hydrogen-bond donors (Lipinski definition) is 3. The Balaban J connectivity index is 1.73. The predicted octanol–water partition coefficient (Wildman–Crippen LogP) is 0.584. The van der Waals surface area contributed by atoms with Gasteiger partial charge < -0.3 is 20.0 Å². The first kappa shape index (κ1) is 12.7. The van der Waals surface area contributed by atoms with Gasteiger partial charge in [-0.1, -0.05) is 0 Å². The van der Waals surface area contributed by atoms with Gasteiger partial charge in [-0.3, -0.25) is 9.59 Å². The van der Waals surface area contributed by atoms with Gasteiger partial charge in [0.1, 0.15) is 11.3 Å². The number of nitrogens with one attached hydrogen (secondary N) is 3. The predicted molar refractivity (Wildman–Crippen MR) is 73.5 cm³/mol. The third kappa shape index (κ3) is 2.50. The minimum absolute atomic E-state index is 0.118. The fourth-order valence-electron chi connectivity index (χ4n) is 2.05. The fraction of sp³-hybridized carbons (Fsp3) is 0.286. The highest BCUT2D eigenvalue weighted by Gasteiger charge is 2.18. The van der Waals surface area contributed by atoms with Crippen molar-refractivity contribution in [3.05, 3.63) is 46.4 Å². The van der Waals surface area contributed by atoms with Crippen LogP contribution in [0.1, 0.15) is 10.4 Å². The Morgan fingerprint density at radius 1 is 1.35 bits per heavy atom. The van der Waals surface area contributed by atoms with Crippen LogP contribution in [0, 0.1) is 5.92 Å². The summed E-state index contributed by atoms with van der Waals surface area (Å²) in [7, 11) is 0. The first-order valence-electron chi connectivity index (χ1n) is 6.50. The third-order valence-electron chi connectivity index (χ3n) is 3.36. The molecule has 1 aliphatic rings. The Morgan fingerprint density at radius 3 is 2.80 bits per heavy atom. The Bertz CT molecular complexity index is 657. The minimum atomic E-state index is -0.414. The molecule has 20 heavy (non-hydrogen) atoms. The number of carbonyl (C=O) groups is 1. The van der Waals surface area contributed by atoms with Crippen LogP contribution in [0.5, 0.6) is 0 Å². The van der Waals surface area contributed by atoms with Crippen LogP contribution in [0.2, 0.25) is 0 Å². The largest absolute Gasteiger partial charge is 0.463 e. The van der Waals surface area contributed by atoms with Gasteiger partial charge in [-0.15, -0.1) is 0 Å². The van der Waals surface area contributed by atoms with Gasteiger partial charge in [-0.2, -0.15) is 0 Å². The van der Waals surface area contributed by atoms with Gasteiger partial charge in [-0.05, 0) is 24.3 Å². The van der Waals surface area contributed by atoms with Crippen molar-refractivity contribution in [2.75, 3.05) is 19.6 Å². The highest BCUT2D eigenvalue weighted by atomic mass is 16.3. The minimum Gasteiger partial charge on any atom is -0.463 e. The van der Waals surface area contributed by atoms with Crippen LogP contribution in [-0.4, -0.2) is 30.5 Å². The van der Waals surface area contributed by atoms with Crippen molar-refractivity contribution < 1.29 is 9.21 Å². The zero-order valence-corrected chi connectivity index (χ0v) is 10.8. The van der Waals surface area contributed by atoms with Crippen LogP contribution >= 0.6 is 0 Å². The van der Waals surface area contributed by atoms with E-state index in [1.54, 1.807) is 18.2 Å². The van der Waals surface area contributed by atoms with Crippen molar-refractivity contribution in [3.63, 3.8) is 0 Å². The van der Waals surface area contributed by atoms with Crippen molar-refractivity contribution in [2.24, 2.45) is 5.92 Å². The van der Waals surface area contributed by atoms with Crippen LogP contribution in [-0.2, 0) is 0 Å². The molecule has 0 aliphatic carbocycles. The Morgan fingerprint density at radius 2 is 2.20 bits per heavy atom. The second kappa shape index (κ2) is 5.34. The molecule has 3 N–H and O–H groups in total. The topological polar surface area (TPSA) is 87.1 Å². The average molecular weight is 273 g/mol. The Labute approximate surface area is 115 Å². The average Bonchev–Trinajstić information content (AvgIpc) is 2.90. The number of hydrogen-bond acceptors (Lipinski definition) is 4. The summed E-state index contributed by atoms with van der Waals surface area (Å²) in [6, 6.07) is 6.67. The van der Waals surface area contributed by atoms with Gasteiger partial charge in [0.25, 0.3) is 11.5 Å². The normalized spacial score (nSPS) is 14.8. The molecule has 0 saturated carbocycles. The highest BCUT2D eigenvalue weighted by molar-refractivity contribution is 5.94. The molecule has 3 heterocycles. The Kier molecular flexibility index (Phi) is 3.39. The summed E-state index contributed by atoms with van der Waals surface area (Å²) in [5, 5.41) is 5.90. The summed E-state index contributed by atoms with van der Waals surface area (Å²) in [5.74, 6) is 0.680. The molecule has 0 atom stereocenters. The van der Waals surface area contributed by atoms with Gasteiger partial charge in [0.05, 0.1) is 12.0 Å². The summed E-state index contributed by atoms with van der Waals surface area (Å²) in [4.78, 5) is 26.5. The van der Waals surface area contributed by atoms with E-state index in [4.69, 9.17) is 4.42 Å². The maximum Gasteiger partial charge on any atom is 0.261 e. The number of pyridine rings is 1. The zero-order chi connectivity index (χ0) is 13.9. The van der Waals surface area contributed by atoms with Crippen LogP contribution in [0.3, 0.4) is 0 Å². The molecular formula is C14H15N3O3. The summed E-state index contributed by atoms with van der Waals surface area (Å²) < 4.78 is 5.20. The fourth-order valence-corrected chi connectivity index (χ4v) is 2.05. The number of H-pyrrole nitrogens is 1. The molecule has 0 unspecified atom stereocenters. The van der Waals surface area contributed by atoms with E-state index in [2.05, 4.69) is 15.6 Å². The van der Waals surface area contributed by atoms with E-state index in [0.717, 1.165) is 13.1 Å². The van der Waals surface area contributed by atoms with Gasteiger partial charge in [0.15, 0.2) is 0 Å². The number of aromatic nitrogens is 1. The standard InChI is InChI=1S/C14H15N3O3/c18-13(16-8-9-6-15-7-9)10-3-4-11(17-14(10)19)12-2-1-5-20-12/h1-5,9,15H,6-8H2,(H,16,18)(H,17,19). The molecule has 104 valence electrons. The molecule has 1 fully saturated rings. The Hall–Kier alpha value is -2.34. The molecule has 6 nitrogen and oxygen atoms in total. The molecule has 1 aliphatic heterocycles. The van der Waals surface area contributed by atoms with Crippen LogP contribution in [0.25, 0.3) is 11.5 Å². The number of carbonyl (C=O) groups excluding carboxylic acids is 1.